The largest absolute Gasteiger partial charge is 0.394 e. The Hall–Kier alpha value is -1.82. The van der Waals surface area contributed by atoms with Crippen molar-refractivity contribution in [1.82, 2.24) is 14.4 Å². The number of imidazole rings is 1. The molecule has 2 rings (SSSR count). The second-order valence-electron chi connectivity index (χ2n) is 5.56. The fourth-order valence-electron chi connectivity index (χ4n) is 1.87. The van der Waals surface area contributed by atoms with Crippen LogP contribution in [0.3, 0.4) is 0 Å². The molecular weight excluding hydrogens is 254 g/mol. The van der Waals surface area contributed by atoms with E-state index in [0.717, 1.165) is 30.2 Å². The molecule has 0 aliphatic heterocycles. The summed E-state index contributed by atoms with van der Waals surface area (Å²) in [5.74, 6) is 1.57. The summed E-state index contributed by atoms with van der Waals surface area (Å²) in [5, 5.41) is 12.8. The third-order valence-corrected chi connectivity index (χ3v) is 3.53. The minimum Gasteiger partial charge on any atom is -0.394 e. The first-order valence-corrected chi connectivity index (χ1v) is 6.92. The molecule has 0 aliphatic carbocycles. The van der Waals surface area contributed by atoms with Gasteiger partial charge in [-0.05, 0) is 20.3 Å². The van der Waals surface area contributed by atoms with Crippen LogP contribution in [0.15, 0.2) is 18.6 Å². The fourth-order valence-corrected chi connectivity index (χ4v) is 1.87. The smallest absolute Gasteiger partial charge is 0.180 e. The van der Waals surface area contributed by atoms with Crippen LogP contribution in [-0.2, 0) is 0 Å². The SMILES string of the molecule is CCCNc1cn2ccnc2c(N(C)C(C)(C)CO)n1. The van der Waals surface area contributed by atoms with Gasteiger partial charge < -0.3 is 19.7 Å². The molecule has 0 spiro atoms. The molecule has 2 aromatic heterocycles. The molecule has 0 atom stereocenters. The van der Waals surface area contributed by atoms with Gasteiger partial charge >= 0.3 is 0 Å². The van der Waals surface area contributed by atoms with Crippen LogP contribution in [-0.4, -0.2) is 45.2 Å². The lowest BCUT2D eigenvalue weighted by molar-refractivity contribution is 0.216. The van der Waals surface area contributed by atoms with E-state index in [-0.39, 0.29) is 6.61 Å². The van der Waals surface area contributed by atoms with E-state index in [1.165, 1.54) is 0 Å². The molecule has 2 heterocycles. The molecule has 6 heteroatoms. The third-order valence-electron chi connectivity index (χ3n) is 3.53. The van der Waals surface area contributed by atoms with E-state index in [9.17, 15) is 5.11 Å². The number of hydrogen-bond acceptors (Lipinski definition) is 5. The van der Waals surface area contributed by atoms with E-state index in [1.54, 1.807) is 6.20 Å². The molecule has 0 saturated carbocycles. The van der Waals surface area contributed by atoms with Crippen LogP contribution in [0.25, 0.3) is 5.65 Å². The Morgan fingerprint density at radius 1 is 1.45 bits per heavy atom. The minimum absolute atomic E-state index is 0.0463. The number of aliphatic hydroxyl groups excluding tert-OH is 1. The Morgan fingerprint density at radius 2 is 2.20 bits per heavy atom. The van der Waals surface area contributed by atoms with Gasteiger partial charge in [0.1, 0.15) is 5.82 Å². The van der Waals surface area contributed by atoms with Gasteiger partial charge in [0, 0.05) is 26.0 Å². The van der Waals surface area contributed by atoms with Crippen LogP contribution in [0.1, 0.15) is 27.2 Å². The van der Waals surface area contributed by atoms with Gasteiger partial charge in [0.25, 0.3) is 0 Å². The van der Waals surface area contributed by atoms with E-state index in [2.05, 4.69) is 22.2 Å². The maximum atomic E-state index is 9.55. The number of nitrogens with one attached hydrogen (secondary N) is 1. The molecule has 0 saturated heterocycles. The second kappa shape index (κ2) is 5.66. The molecule has 0 aliphatic rings. The first-order valence-electron chi connectivity index (χ1n) is 6.92. The molecule has 110 valence electrons. The minimum atomic E-state index is -0.400. The maximum absolute atomic E-state index is 9.55. The molecule has 0 bridgehead atoms. The lowest BCUT2D eigenvalue weighted by atomic mass is 10.1. The van der Waals surface area contributed by atoms with E-state index in [0.29, 0.717) is 0 Å². The predicted molar refractivity (Wildman–Crippen MR) is 81.3 cm³/mol. The van der Waals surface area contributed by atoms with Crippen LogP contribution in [0.2, 0.25) is 0 Å². The normalized spacial score (nSPS) is 11.8. The van der Waals surface area contributed by atoms with Crippen molar-refractivity contribution in [3.63, 3.8) is 0 Å². The zero-order chi connectivity index (χ0) is 14.8. The number of nitrogens with zero attached hydrogens (tertiary/aromatic N) is 4. The summed E-state index contributed by atoms with van der Waals surface area (Å²) < 4.78 is 1.95. The Kier molecular flexibility index (Phi) is 4.13. The standard InChI is InChI=1S/C14H23N5O/c1-5-6-15-11-9-19-8-7-16-12(19)13(17-11)18(4)14(2,3)10-20/h7-9,15,20H,5-6,10H2,1-4H3. The molecule has 0 amide bonds. The van der Waals surface area contributed by atoms with Gasteiger partial charge in [0.15, 0.2) is 11.5 Å². The van der Waals surface area contributed by atoms with Crippen LogP contribution in [0, 0.1) is 0 Å². The summed E-state index contributed by atoms with van der Waals surface area (Å²) in [6.07, 6.45) is 6.62. The van der Waals surface area contributed by atoms with Crippen molar-refractivity contribution in [3.05, 3.63) is 18.6 Å². The molecule has 0 aromatic carbocycles. The van der Waals surface area contributed by atoms with Gasteiger partial charge in [-0.3, -0.25) is 0 Å². The summed E-state index contributed by atoms with van der Waals surface area (Å²) in [4.78, 5) is 11.0. The van der Waals surface area contributed by atoms with Gasteiger partial charge in [-0.2, -0.15) is 0 Å². The maximum Gasteiger partial charge on any atom is 0.180 e. The average molecular weight is 277 g/mol. The number of hydrogen-bond donors (Lipinski definition) is 2. The number of fused-ring (bicyclic) bond motifs is 1. The third kappa shape index (κ3) is 2.70. The van der Waals surface area contributed by atoms with Gasteiger partial charge in [0.05, 0.1) is 18.3 Å². The van der Waals surface area contributed by atoms with Crippen LogP contribution >= 0.6 is 0 Å². The molecule has 6 nitrogen and oxygen atoms in total. The van der Waals surface area contributed by atoms with Crippen LogP contribution in [0.5, 0.6) is 0 Å². The number of aliphatic hydroxyl groups is 1. The highest BCUT2D eigenvalue weighted by atomic mass is 16.3. The van der Waals surface area contributed by atoms with Gasteiger partial charge in [0.2, 0.25) is 0 Å². The second-order valence-corrected chi connectivity index (χ2v) is 5.56. The molecule has 0 unspecified atom stereocenters. The first kappa shape index (κ1) is 14.6. The Morgan fingerprint density at radius 3 is 2.85 bits per heavy atom. The highest BCUT2D eigenvalue weighted by Crippen LogP contribution is 2.25. The quantitative estimate of drug-likeness (QED) is 0.842. The molecule has 0 radical (unpaired) electrons. The number of likely N-dealkylation sites (N-methyl/N-ethyl adjacent to an activating group) is 1. The number of aromatic nitrogens is 3. The van der Waals surface area contributed by atoms with Gasteiger partial charge in [-0.15, -0.1) is 0 Å². The topological polar surface area (TPSA) is 65.7 Å². The van der Waals surface area contributed by atoms with Crippen molar-refractivity contribution in [2.45, 2.75) is 32.7 Å². The summed E-state index contributed by atoms with van der Waals surface area (Å²) in [7, 11) is 1.93. The average Bonchev–Trinajstić information content (AvgIpc) is 2.91. The molecule has 2 aromatic rings. The van der Waals surface area contributed by atoms with E-state index in [4.69, 9.17) is 0 Å². The number of rotatable bonds is 6. The van der Waals surface area contributed by atoms with E-state index < -0.39 is 5.54 Å². The monoisotopic (exact) mass is 277 g/mol. The number of anilines is 2. The van der Waals surface area contributed by atoms with Crippen molar-refractivity contribution in [3.8, 4) is 0 Å². The van der Waals surface area contributed by atoms with Crippen molar-refractivity contribution < 1.29 is 5.11 Å². The van der Waals surface area contributed by atoms with Crippen molar-refractivity contribution in [2.75, 3.05) is 30.4 Å². The van der Waals surface area contributed by atoms with Crippen LogP contribution in [0.4, 0.5) is 11.6 Å². The molecular formula is C14H23N5O. The Bertz CT molecular complexity index is 578. The molecule has 20 heavy (non-hydrogen) atoms. The fraction of sp³-hybridized carbons (Fsp3) is 0.571. The van der Waals surface area contributed by atoms with E-state index >= 15 is 0 Å². The first-order chi connectivity index (χ1) is 9.49. The molecule has 0 fully saturated rings. The van der Waals surface area contributed by atoms with E-state index in [1.807, 2.05) is 42.6 Å². The lowest BCUT2D eigenvalue weighted by Gasteiger charge is -2.35. The zero-order valence-electron chi connectivity index (χ0n) is 12.6. The summed E-state index contributed by atoms with van der Waals surface area (Å²) in [5.41, 5.74) is 0.388. The van der Waals surface area contributed by atoms with Crippen LogP contribution < -0.4 is 10.2 Å². The summed E-state index contributed by atoms with van der Waals surface area (Å²) >= 11 is 0. The Labute approximate surface area is 119 Å². The lowest BCUT2D eigenvalue weighted by Crippen LogP contribution is -2.45. The Balaban J connectivity index is 2.47. The van der Waals surface area contributed by atoms with Gasteiger partial charge in [-0.25, -0.2) is 9.97 Å². The molecule has 2 N–H and O–H groups in total. The van der Waals surface area contributed by atoms with Gasteiger partial charge in [-0.1, -0.05) is 6.92 Å². The zero-order valence-corrected chi connectivity index (χ0v) is 12.6. The highest BCUT2D eigenvalue weighted by Gasteiger charge is 2.26. The highest BCUT2D eigenvalue weighted by molar-refractivity contribution is 5.67. The summed E-state index contributed by atoms with van der Waals surface area (Å²) in [6.45, 7) is 6.98. The van der Waals surface area contributed by atoms with Crippen molar-refractivity contribution in [2.24, 2.45) is 0 Å². The van der Waals surface area contributed by atoms with Crippen molar-refractivity contribution in [1.29, 1.82) is 0 Å². The summed E-state index contributed by atoms with van der Waals surface area (Å²) in [6, 6.07) is 0. The predicted octanol–water partition coefficient (Wildman–Crippen LogP) is 1.76. The van der Waals surface area contributed by atoms with Crippen molar-refractivity contribution >= 4 is 17.3 Å².